The summed E-state index contributed by atoms with van der Waals surface area (Å²) < 4.78 is 0. The SMILES string of the molecule is BC(CCCCCCCC)C(CC)(CC)CC. The summed E-state index contributed by atoms with van der Waals surface area (Å²) in [5, 5.41) is 0. The van der Waals surface area contributed by atoms with Crippen molar-refractivity contribution in [3.63, 3.8) is 0 Å². The highest BCUT2D eigenvalue weighted by atomic mass is 14.3. The second kappa shape index (κ2) is 10.0. The summed E-state index contributed by atoms with van der Waals surface area (Å²) >= 11 is 0. The highest BCUT2D eigenvalue weighted by Crippen LogP contribution is 2.43. The van der Waals surface area contributed by atoms with Gasteiger partial charge in [0.2, 0.25) is 0 Å². The van der Waals surface area contributed by atoms with Crippen LogP contribution in [0.5, 0.6) is 0 Å². The van der Waals surface area contributed by atoms with E-state index < -0.39 is 0 Å². The van der Waals surface area contributed by atoms with E-state index in [1.807, 2.05) is 0 Å². The summed E-state index contributed by atoms with van der Waals surface area (Å²) in [6, 6.07) is 0. The molecule has 0 aliphatic carbocycles. The normalized spacial score (nSPS) is 13.9. The molecule has 0 nitrogen and oxygen atoms in total. The van der Waals surface area contributed by atoms with E-state index in [2.05, 4.69) is 35.5 Å². The zero-order valence-corrected chi connectivity index (χ0v) is 13.1. The third-order valence-corrected chi connectivity index (χ3v) is 5.15. The lowest BCUT2D eigenvalue weighted by atomic mass is 9.59. The Labute approximate surface area is 111 Å². The van der Waals surface area contributed by atoms with E-state index in [-0.39, 0.29) is 0 Å². The molecule has 1 unspecified atom stereocenters. The topological polar surface area (TPSA) is 0 Å². The minimum atomic E-state index is 0.628. The molecule has 0 amide bonds. The van der Waals surface area contributed by atoms with Gasteiger partial charge in [0.1, 0.15) is 7.85 Å². The van der Waals surface area contributed by atoms with Gasteiger partial charge in [0.15, 0.2) is 0 Å². The van der Waals surface area contributed by atoms with Crippen LogP contribution in [0.25, 0.3) is 0 Å². The van der Waals surface area contributed by atoms with Crippen LogP contribution in [-0.2, 0) is 0 Å². The lowest BCUT2D eigenvalue weighted by Crippen LogP contribution is -2.24. The molecule has 0 bridgehead atoms. The first-order valence-corrected chi connectivity index (χ1v) is 8.16. The van der Waals surface area contributed by atoms with Crippen LogP contribution >= 0.6 is 0 Å². The molecule has 0 heterocycles. The van der Waals surface area contributed by atoms with Crippen molar-refractivity contribution in [2.75, 3.05) is 0 Å². The predicted molar refractivity (Wildman–Crippen MR) is 83.6 cm³/mol. The molecule has 102 valence electrons. The van der Waals surface area contributed by atoms with Gasteiger partial charge < -0.3 is 0 Å². The fourth-order valence-corrected chi connectivity index (χ4v) is 3.33. The van der Waals surface area contributed by atoms with Crippen LogP contribution in [0.2, 0.25) is 5.82 Å². The van der Waals surface area contributed by atoms with Crippen molar-refractivity contribution in [1.82, 2.24) is 0 Å². The molecule has 0 aliphatic rings. The Morgan fingerprint density at radius 1 is 0.765 bits per heavy atom. The van der Waals surface area contributed by atoms with Gasteiger partial charge in [-0.15, -0.1) is 0 Å². The number of hydrogen-bond acceptors (Lipinski definition) is 0. The molecule has 17 heavy (non-hydrogen) atoms. The summed E-state index contributed by atoms with van der Waals surface area (Å²) in [5.41, 5.74) is 0.628. The Hall–Kier alpha value is 0.0649. The first-order chi connectivity index (χ1) is 8.16. The Balaban J connectivity index is 3.79. The van der Waals surface area contributed by atoms with E-state index in [1.165, 1.54) is 64.2 Å². The van der Waals surface area contributed by atoms with Gasteiger partial charge in [-0.2, -0.15) is 0 Å². The fourth-order valence-electron chi connectivity index (χ4n) is 3.33. The van der Waals surface area contributed by atoms with Crippen LogP contribution in [0.3, 0.4) is 0 Å². The number of unbranched alkanes of at least 4 members (excludes halogenated alkanes) is 5. The van der Waals surface area contributed by atoms with Gasteiger partial charge in [-0.1, -0.05) is 97.7 Å². The van der Waals surface area contributed by atoms with Crippen molar-refractivity contribution in [2.24, 2.45) is 5.41 Å². The van der Waals surface area contributed by atoms with Crippen LogP contribution in [0.1, 0.15) is 91.9 Å². The molecule has 0 N–H and O–H groups in total. The first-order valence-electron chi connectivity index (χ1n) is 8.16. The van der Waals surface area contributed by atoms with Gasteiger partial charge in [0.25, 0.3) is 0 Å². The molecule has 1 heteroatoms. The number of rotatable bonds is 11. The van der Waals surface area contributed by atoms with E-state index in [4.69, 9.17) is 0 Å². The molecule has 0 aromatic carbocycles. The summed E-state index contributed by atoms with van der Waals surface area (Å²) in [4.78, 5) is 0. The highest BCUT2D eigenvalue weighted by Gasteiger charge is 2.29. The lowest BCUT2D eigenvalue weighted by molar-refractivity contribution is 0.221. The van der Waals surface area contributed by atoms with Gasteiger partial charge in [-0.25, -0.2) is 0 Å². The second-order valence-corrected chi connectivity index (χ2v) is 5.88. The Morgan fingerprint density at radius 2 is 1.24 bits per heavy atom. The molecular formula is C16H35B. The van der Waals surface area contributed by atoms with Crippen molar-refractivity contribution in [3.05, 3.63) is 0 Å². The molecule has 0 saturated carbocycles. The highest BCUT2D eigenvalue weighted by molar-refractivity contribution is 6.12. The molecule has 0 radical (unpaired) electrons. The van der Waals surface area contributed by atoms with Gasteiger partial charge in [-0.05, 0) is 5.41 Å². The summed E-state index contributed by atoms with van der Waals surface area (Å²) in [7, 11) is 2.49. The standard InChI is InChI=1S/C16H35B/c1-5-9-10-11-12-13-14-15(17)16(6-2,7-3)8-4/h15H,5-14,17H2,1-4H3. The smallest absolute Gasteiger partial charge is 0.0654 e. The average Bonchev–Trinajstić information content (AvgIpc) is 2.36. The molecule has 0 rings (SSSR count). The molecule has 1 atom stereocenters. The largest absolute Gasteiger partial charge is 0.106 e. The third kappa shape index (κ3) is 5.97. The predicted octanol–water partition coefficient (Wildman–Crippen LogP) is 5.38. The van der Waals surface area contributed by atoms with Crippen molar-refractivity contribution >= 4 is 7.85 Å². The monoisotopic (exact) mass is 238 g/mol. The van der Waals surface area contributed by atoms with Gasteiger partial charge in [-0.3, -0.25) is 0 Å². The average molecular weight is 238 g/mol. The van der Waals surface area contributed by atoms with E-state index in [1.54, 1.807) is 0 Å². The second-order valence-electron chi connectivity index (χ2n) is 5.88. The van der Waals surface area contributed by atoms with E-state index in [9.17, 15) is 0 Å². The summed E-state index contributed by atoms with van der Waals surface area (Å²) in [5.74, 6) is 0.911. The van der Waals surface area contributed by atoms with Crippen molar-refractivity contribution in [3.8, 4) is 0 Å². The van der Waals surface area contributed by atoms with Crippen LogP contribution in [-0.4, -0.2) is 7.85 Å². The maximum atomic E-state index is 2.49. The van der Waals surface area contributed by atoms with Gasteiger partial charge in [0, 0.05) is 0 Å². The molecule has 0 saturated heterocycles. The van der Waals surface area contributed by atoms with Crippen LogP contribution in [0, 0.1) is 5.41 Å². The minimum Gasteiger partial charge on any atom is -0.0654 e. The molecule has 0 aliphatic heterocycles. The van der Waals surface area contributed by atoms with E-state index in [0.29, 0.717) is 5.41 Å². The Bertz CT molecular complexity index is 153. The van der Waals surface area contributed by atoms with Crippen molar-refractivity contribution < 1.29 is 0 Å². The maximum absolute atomic E-state index is 2.49. The molecule has 0 fully saturated rings. The van der Waals surface area contributed by atoms with Crippen LogP contribution < -0.4 is 0 Å². The zero-order valence-electron chi connectivity index (χ0n) is 13.1. The Kier molecular flexibility index (Phi) is 10.1. The van der Waals surface area contributed by atoms with E-state index in [0.717, 1.165) is 5.82 Å². The van der Waals surface area contributed by atoms with Gasteiger partial charge in [0.05, 0.1) is 0 Å². The first kappa shape index (κ1) is 17.1. The lowest BCUT2D eigenvalue weighted by Gasteiger charge is -2.37. The van der Waals surface area contributed by atoms with Crippen LogP contribution in [0.4, 0.5) is 0 Å². The van der Waals surface area contributed by atoms with Crippen molar-refractivity contribution in [2.45, 2.75) is 97.7 Å². The molecular weight excluding hydrogens is 203 g/mol. The quantitative estimate of drug-likeness (QED) is 0.335. The van der Waals surface area contributed by atoms with E-state index >= 15 is 0 Å². The molecule has 0 spiro atoms. The third-order valence-electron chi connectivity index (χ3n) is 5.15. The zero-order chi connectivity index (χ0) is 13.1. The maximum Gasteiger partial charge on any atom is 0.106 e. The number of hydrogen-bond donors (Lipinski definition) is 0. The summed E-state index contributed by atoms with van der Waals surface area (Å²) in [6.45, 7) is 9.43. The van der Waals surface area contributed by atoms with Gasteiger partial charge >= 0.3 is 0 Å². The molecule has 0 aromatic heterocycles. The van der Waals surface area contributed by atoms with Crippen LogP contribution in [0.15, 0.2) is 0 Å². The van der Waals surface area contributed by atoms with Crippen molar-refractivity contribution in [1.29, 1.82) is 0 Å². The summed E-state index contributed by atoms with van der Waals surface area (Å²) in [6.07, 6.45) is 14.1. The fraction of sp³-hybridized carbons (Fsp3) is 1.00. The minimum absolute atomic E-state index is 0.628. The Morgan fingerprint density at radius 3 is 1.71 bits per heavy atom. The molecule has 0 aromatic rings.